The molecule has 7 heteroatoms. The van der Waals surface area contributed by atoms with Crippen LogP contribution in [0, 0.1) is 11.3 Å². The number of amides is 1. The van der Waals surface area contributed by atoms with Gasteiger partial charge < -0.3 is 5.32 Å². The number of aromatic nitrogens is 2. The number of fused-ring (bicyclic) bond motifs is 1. The van der Waals surface area contributed by atoms with Crippen LogP contribution >= 0.6 is 11.6 Å². The quantitative estimate of drug-likeness (QED) is 0.795. The normalized spacial score (nSPS) is 10.3. The molecule has 0 bridgehead atoms. The van der Waals surface area contributed by atoms with E-state index in [-0.39, 0.29) is 17.1 Å². The molecular formula is C17H11ClN4O2. The number of rotatable bonds is 3. The first-order valence-corrected chi connectivity index (χ1v) is 7.40. The molecule has 0 fully saturated rings. The van der Waals surface area contributed by atoms with Crippen LogP contribution in [-0.4, -0.2) is 15.5 Å². The maximum absolute atomic E-state index is 12.3. The summed E-state index contributed by atoms with van der Waals surface area (Å²) in [7, 11) is 0. The second-order valence-corrected chi connectivity index (χ2v) is 5.46. The molecule has 1 heterocycles. The van der Waals surface area contributed by atoms with Crippen molar-refractivity contribution >= 4 is 34.1 Å². The summed E-state index contributed by atoms with van der Waals surface area (Å²) in [5.41, 5.74) is 1.07. The molecule has 0 unspecified atom stereocenters. The van der Waals surface area contributed by atoms with Gasteiger partial charge in [-0.3, -0.25) is 14.2 Å². The zero-order valence-electron chi connectivity index (χ0n) is 12.4. The van der Waals surface area contributed by atoms with Crippen molar-refractivity contribution in [1.82, 2.24) is 9.55 Å². The Balaban J connectivity index is 1.80. The van der Waals surface area contributed by atoms with Crippen LogP contribution in [0.3, 0.4) is 0 Å². The van der Waals surface area contributed by atoms with Gasteiger partial charge in [-0.25, -0.2) is 4.98 Å². The first kappa shape index (κ1) is 15.7. The van der Waals surface area contributed by atoms with E-state index in [1.54, 1.807) is 30.3 Å². The Labute approximate surface area is 141 Å². The molecule has 118 valence electrons. The maximum Gasteiger partial charge on any atom is 0.261 e. The number of carbonyl (C=O) groups is 1. The average molecular weight is 339 g/mol. The van der Waals surface area contributed by atoms with Crippen molar-refractivity contribution in [3.8, 4) is 6.07 Å². The summed E-state index contributed by atoms with van der Waals surface area (Å²) < 4.78 is 1.24. The summed E-state index contributed by atoms with van der Waals surface area (Å²) in [5, 5.41) is 12.2. The number of hydrogen-bond donors (Lipinski definition) is 1. The highest BCUT2D eigenvalue weighted by Crippen LogP contribution is 2.20. The van der Waals surface area contributed by atoms with Crippen molar-refractivity contribution in [2.24, 2.45) is 0 Å². The summed E-state index contributed by atoms with van der Waals surface area (Å²) in [6, 6.07) is 13.5. The van der Waals surface area contributed by atoms with Gasteiger partial charge in [-0.1, -0.05) is 23.7 Å². The molecule has 0 aliphatic heterocycles. The van der Waals surface area contributed by atoms with Crippen LogP contribution in [0.2, 0.25) is 5.02 Å². The summed E-state index contributed by atoms with van der Waals surface area (Å²) >= 11 is 5.92. The van der Waals surface area contributed by atoms with Crippen LogP contribution in [0.4, 0.5) is 5.69 Å². The summed E-state index contributed by atoms with van der Waals surface area (Å²) in [6.45, 7) is -0.172. The first-order valence-electron chi connectivity index (χ1n) is 7.02. The Morgan fingerprint density at radius 2 is 2.08 bits per heavy atom. The molecule has 1 aromatic heterocycles. The molecule has 1 amide bonds. The fourth-order valence-corrected chi connectivity index (χ4v) is 2.48. The first-order chi connectivity index (χ1) is 11.6. The number of para-hydroxylation sites is 1. The molecule has 0 saturated carbocycles. The van der Waals surface area contributed by atoms with Crippen molar-refractivity contribution in [3.05, 3.63) is 69.7 Å². The number of hydrogen-bond acceptors (Lipinski definition) is 4. The molecule has 3 aromatic rings. The van der Waals surface area contributed by atoms with Crippen LogP contribution in [0.25, 0.3) is 10.9 Å². The second kappa shape index (κ2) is 6.52. The molecule has 0 radical (unpaired) electrons. The van der Waals surface area contributed by atoms with Gasteiger partial charge >= 0.3 is 0 Å². The Kier molecular flexibility index (Phi) is 4.27. The van der Waals surface area contributed by atoms with Crippen LogP contribution in [0.1, 0.15) is 5.56 Å². The van der Waals surface area contributed by atoms with E-state index in [0.29, 0.717) is 22.2 Å². The third-order valence-electron chi connectivity index (χ3n) is 3.42. The van der Waals surface area contributed by atoms with Gasteiger partial charge in [0.1, 0.15) is 12.6 Å². The van der Waals surface area contributed by atoms with E-state index in [2.05, 4.69) is 10.3 Å². The van der Waals surface area contributed by atoms with Crippen molar-refractivity contribution in [1.29, 1.82) is 5.26 Å². The highest BCUT2D eigenvalue weighted by atomic mass is 35.5. The topological polar surface area (TPSA) is 87.8 Å². The lowest BCUT2D eigenvalue weighted by Gasteiger charge is -2.08. The highest BCUT2D eigenvalue weighted by molar-refractivity contribution is 6.32. The largest absolute Gasteiger partial charge is 0.324 e. The number of nitrogens with zero attached hydrogens (tertiary/aromatic N) is 3. The number of halogens is 1. The average Bonchev–Trinajstić information content (AvgIpc) is 2.58. The predicted octanol–water partition coefficient (Wildman–Crippen LogP) is 2.56. The van der Waals surface area contributed by atoms with E-state index in [1.165, 1.54) is 23.0 Å². The van der Waals surface area contributed by atoms with Gasteiger partial charge in [-0.15, -0.1) is 0 Å². The summed E-state index contributed by atoms with van der Waals surface area (Å²) in [5.74, 6) is -0.394. The van der Waals surface area contributed by atoms with Crippen molar-refractivity contribution in [2.45, 2.75) is 6.54 Å². The third kappa shape index (κ3) is 3.12. The Hall–Kier alpha value is -3.17. The number of benzene rings is 2. The van der Waals surface area contributed by atoms with Gasteiger partial charge in [0.2, 0.25) is 5.91 Å². The van der Waals surface area contributed by atoms with Crippen LogP contribution in [0.5, 0.6) is 0 Å². The third-order valence-corrected chi connectivity index (χ3v) is 3.73. The standard InChI is InChI=1S/C17H11ClN4O2/c18-14-7-12(6-5-11(14)8-19)21-16(23)9-22-10-20-15-4-2-1-3-13(15)17(22)24/h1-7,10H,9H2,(H,21,23). The molecule has 2 aromatic carbocycles. The van der Waals surface area contributed by atoms with Crippen LogP contribution < -0.4 is 10.9 Å². The fraction of sp³-hybridized carbons (Fsp3) is 0.0588. The van der Waals surface area contributed by atoms with Gasteiger partial charge in [0.05, 0.1) is 27.8 Å². The van der Waals surface area contributed by atoms with Crippen LogP contribution in [-0.2, 0) is 11.3 Å². The molecule has 6 nitrogen and oxygen atoms in total. The number of nitriles is 1. The molecule has 3 rings (SSSR count). The monoisotopic (exact) mass is 338 g/mol. The Morgan fingerprint density at radius 1 is 1.29 bits per heavy atom. The van der Waals surface area contributed by atoms with E-state index >= 15 is 0 Å². The number of anilines is 1. The summed E-state index contributed by atoms with van der Waals surface area (Å²) in [4.78, 5) is 28.6. The van der Waals surface area contributed by atoms with Crippen molar-refractivity contribution in [3.63, 3.8) is 0 Å². The lowest BCUT2D eigenvalue weighted by atomic mass is 10.2. The van der Waals surface area contributed by atoms with Crippen LogP contribution in [0.15, 0.2) is 53.6 Å². The molecule has 0 aliphatic carbocycles. The maximum atomic E-state index is 12.3. The van der Waals surface area contributed by atoms with Gasteiger partial charge in [-0.05, 0) is 30.3 Å². The zero-order valence-corrected chi connectivity index (χ0v) is 13.1. The number of carbonyl (C=O) groups excluding carboxylic acids is 1. The van der Waals surface area contributed by atoms with E-state index < -0.39 is 5.91 Å². The van der Waals surface area contributed by atoms with E-state index in [0.717, 1.165) is 0 Å². The Morgan fingerprint density at radius 3 is 2.83 bits per heavy atom. The van der Waals surface area contributed by atoms with Crippen molar-refractivity contribution < 1.29 is 4.79 Å². The van der Waals surface area contributed by atoms with E-state index in [4.69, 9.17) is 16.9 Å². The van der Waals surface area contributed by atoms with Gasteiger partial charge in [0.25, 0.3) is 5.56 Å². The highest BCUT2D eigenvalue weighted by Gasteiger charge is 2.09. The fourth-order valence-electron chi connectivity index (χ4n) is 2.26. The molecular weight excluding hydrogens is 328 g/mol. The Bertz CT molecular complexity index is 1040. The SMILES string of the molecule is N#Cc1ccc(NC(=O)Cn2cnc3ccccc3c2=O)cc1Cl. The molecule has 0 atom stereocenters. The van der Waals surface area contributed by atoms with Crippen molar-refractivity contribution in [2.75, 3.05) is 5.32 Å². The summed E-state index contributed by atoms with van der Waals surface area (Å²) in [6.07, 6.45) is 1.34. The van der Waals surface area contributed by atoms with Gasteiger partial charge in [0, 0.05) is 5.69 Å². The molecule has 0 aliphatic rings. The smallest absolute Gasteiger partial charge is 0.261 e. The zero-order chi connectivity index (χ0) is 17.1. The molecule has 0 saturated heterocycles. The lowest BCUT2D eigenvalue weighted by Crippen LogP contribution is -2.27. The molecule has 0 spiro atoms. The second-order valence-electron chi connectivity index (χ2n) is 5.05. The minimum Gasteiger partial charge on any atom is -0.324 e. The van der Waals surface area contributed by atoms with E-state index in [9.17, 15) is 9.59 Å². The van der Waals surface area contributed by atoms with Gasteiger partial charge in [-0.2, -0.15) is 5.26 Å². The lowest BCUT2D eigenvalue weighted by molar-refractivity contribution is -0.116. The number of nitrogens with one attached hydrogen (secondary N) is 1. The minimum atomic E-state index is -0.394. The van der Waals surface area contributed by atoms with Gasteiger partial charge in [0.15, 0.2) is 0 Å². The minimum absolute atomic E-state index is 0.172. The van der Waals surface area contributed by atoms with E-state index in [1.807, 2.05) is 6.07 Å². The molecule has 1 N–H and O–H groups in total. The molecule has 24 heavy (non-hydrogen) atoms. The predicted molar refractivity (Wildman–Crippen MR) is 90.8 cm³/mol.